The SMILES string of the molecule is Cc1nc(CN(C)C)nc(C(C)(C)C)c1Cl. The van der Waals surface area contributed by atoms with Crippen molar-refractivity contribution in [2.45, 2.75) is 39.7 Å². The molecular weight excluding hydrogens is 222 g/mol. The molecule has 1 heterocycles. The smallest absolute Gasteiger partial charge is 0.142 e. The molecule has 0 unspecified atom stereocenters. The van der Waals surface area contributed by atoms with Crippen LogP contribution in [0.2, 0.25) is 5.02 Å². The minimum atomic E-state index is -0.0498. The molecule has 0 aromatic carbocycles. The van der Waals surface area contributed by atoms with Crippen LogP contribution in [-0.2, 0) is 12.0 Å². The fourth-order valence-corrected chi connectivity index (χ4v) is 1.84. The average molecular weight is 242 g/mol. The molecule has 0 bridgehead atoms. The number of halogens is 1. The van der Waals surface area contributed by atoms with Gasteiger partial charge in [0.15, 0.2) is 0 Å². The van der Waals surface area contributed by atoms with Crippen molar-refractivity contribution in [1.29, 1.82) is 0 Å². The lowest BCUT2D eigenvalue weighted by Gasteiger charge is -2.21. The van der Waals surface area contributed by atoms with Crippen molar-refractivity contribution in [3.8, 4) is 0 Å². The van der Waals surface area contributed by atoms with Crippen molar-refractivity contribution < 1.29 is 0 Å². The molecule has 4 heteroatoms. The molecule has 0 aliphatic heterocycles. The summed E-state index contributed by atoms with van der Waals surface area (Å²) in [4.78, 5) is 11.0. The Hall–Kier alpha value is -0.670. The Labute approximate surface area is 103 Å². The van der Waals surface area contributed by atoms with Crippen LogP contribution in [0.1, 0.15) is 38.0 Å². The number of nitrogens with zero attached hydrogens (tertiary/aromatic N) is 3. The minimum Gasteiger partial charge on any atom is -0.302 e. The third kappa shape index (κ3) is 3.16. The molecule has 0 saturated heterocycles. The van der Waals surface area contributed by atoms with Crippen molar-refractivity contribution in [2.24, 2.45) is 0 Å². The Morgan fingerprint density at radius 3 is 2.19 bits per heavy atom. The molecule has 0 fully saturated rings. The molecule has 1 rings (SSSR count). The van der Waals surface area contributed by atoms with Crippen LogP contribution in [0, 0.1) is 6.92 Å². The van der Waals surface area contributed by atoms with Crippen molar-refractivity contribution in [2.75, 3.05) is 14.1 Å². The average Bonchev–Trinajstić information content (AvgIpc) is 2.08. The van der Waals surface area contributed by atoms with Gasteiger partial charge in [-0.3, -0.25) is 0 Å². The van der Waals surface area contributed by atoms with Crippen molar-refractivity contribution in [3.05, 3.63) is 22.2 Å². The molecule has 1 aromatic heterocycles. The first-order valence-electron chi connectivity index (χ1n) is 5.40. The molecule has 16 heavy (non-hydrogen) atoms. The van der Waals surface area contributed by atoms with Gasteiger partial charge in [0, 0.05) is 5.41 Å². The van der Waals surface area contributed by atoms with Crippen LogP contribution in [0.25, 0.3) is 0 Å². The van der Waals surface area contributed by atoms with Crippen molar-refractivity contribution in [1.82, 2.24) is 14.9 Å². The van der Waals surface area contributed by atoms with E-state index < -0.39 is 0 Å². The van der Waals surface area contributed by atoms with Crippen LogP contribution >= 0.6 is 11.6 Å². The maximum atomic E-state index is 6.25. The van der Waals surface area contributed by atoms with Gasteiger partial charge in [0.05, 0.1) is 23.0 Å². The van der Waals surface area contributed by atoms with Gasteiger partial charge in [-0.25, -0.2) is 9.97 Å². The number of hydrogen-bond donors (Lipinski definition) is 0. The van der Waals surface area contributed by atoms with E-state index in [0.29, 0.717) is 5.02 Å². The second kappa shape index (κ2) is 4.68. The normalized spacial score (nSPS) is 12.2. The van der Waals surface area contributed by atoms with Crippen LogP contribution < -0.4 is 0 Å². The highest BCUT2D eigenvalue weighted by Gasteiger charge is 2.22. The Morgan fingerprint density at radius 2 is 1.75 bits per heavy atom. The van der Waals surface area contributed by atoms with Gasteiger partial charge in [0.25, 0.3) is 0 Å². The molecule has 90 valence electrons. The maximum Gasteiger partial charge on any atom is 0.142 e. The first-order valence-corrected chi connectivity index (χ1v) is 5.78. The zero-order valence-electron chi connectivity index (χ0n) is 10.9. The highest BCUT2D eigenvalue weighted by Crippen LogP contribution is 2.29. The molecule has 0 aliphatic rings. The van der Waals surface area contributed by atoms with Gasteiger partial charge in [-0.15, -0.1) is 0 Å². The number of hydrogen-bond acceptors (Lipinski definition) is 3. The number of aryl methyl sites for hydroxylation is 1. The van der Waals surface area contributed by atoms with E-state index >= 15 is 0 Å². The topological polar surface area (TPSA) is 29.0 Å². The van der Waals surface area contributed by atoms with Gasteiger partial charge >= 0.3 is 0 Å². The van der Waals surface area contributed by atoms with E-state index in [1.165, 1.54) is 0 Å². The van der Waals surface area contributed by atoms with Crippen LogP contribution in [0.15, 0.2) is 0 Å². The predicted octanol–water partition coefficient (Wildman–Crippen LogP) is 2.80. The monoisotopic (exact) mass is 241 g/mol. The summed E-state index contributed by atoms with van der Waals surface area (Å²) in [5, 5.41) is 0.690. The van der Waals surface area contributed by atoms with Crippen LogP contribution in [-0.4, -0.2) is 29.0 Å². The third-order valence-corrected chi connectivity index (χ3v) is 2.68. The van der Waals surface area contributed by atoms with Gasteiger partial charge in [-0.2, -0.15) is 0 Å². The summed E-state index contributed by atoms with van der Waals surface area (Å²) in [6.07, 6.45) is 0. The van der Waals surface area contributed by atoms with Gasteiger partial charge in [-0.1, -0.05) is 32.4 Å². The lowest BCUT2D eigenvalue weighted by Crippen LogP contribution is -2.20. The second-order valence-electron chi connectivity index (χ2n) is 5.38. The summed E-state index contributed by atoms with van der Waals surface area (Å²) in [5.74, 6) is 0.830. The van der Waals surface area contributed by atoms with E-state index in [1.807, 2.05) is 21.0 Å². The largest absolute Gasteiger partial charge is 0.302 e. The summed E-state index contributed by atoms with van der Waals surface area (Å²) in [5.41, 5.74) is 1.74. The molecule has 0 aliphatic carbocycles. The summed E-state index contributed by atoms with van der Waals surface area (Å²) in [6.45, 7) is 9.00. The van der Waals surface area contributed by atoms with E-state index in [9.17, 15) is 0 Å². The van der Waals surface area contributed by atoms with Crippen LogP contribution in [0.5, 0.6) is 0 Å². The Balaban J connectivity index is 3.23. The molecule has 3 nitrogen and oxygen atoms in total. The van der Waals surface area contributed by atoms with Gasteiger partial charge in [0.1, 0.15) is 5.82 Å². The number of aromatic nitrogens is 2. The zero-order chi connectivity index (χ0) is 12.5. The van der Waals surface area contributed by atoms with Gasteiger partial charge in [-0.05, 0) is 21.0 Å². The second-order valence-corrected chi connectivity index (χ2v) is 5.75. The highest BCUT2D eigenvalue weighted by molar-refractivity contribution is 6.31. The molecule has 0 atom stereocenters. The summed E-state index contributed by atoms with van der Waals surface area (Å²) >= 11 is 6.25. The molecule has 0 spiro atoms. The van der Waals surface area contributed by atoms with Crippen LogP contribution in [0.3, 0.4) is 0 Å². The third-order valence-electron chi connectivity index (χ3n) is 2.23. The Bertz CT molecular complexity index is 381. The van der Waals surface area contributed by atoms with E-state index in [1.54, 1.807) is 0 Å². The van der Waals surface area contributed by atoms with Crippen molar-refractivity contribution in [3.63, 3.8) is 0 Å². The molecule has 1 aromatic rings. The first-order chi connectivity index (χ1) is 7.21. The van der Waals surface area contributed by atoms with E-state index in [0.717, 1.165) is 23.8 Å². The Morgan fingerprint density at radius 1 is 1.19 bits per heavy atom. The van der Waals surface area contributed by atoms with Crippen LogP contribution in [0.4, 0.5) is 0 Å². The number of rotatable bonds is 2. The van der Waals surface area contributed by atoms with Gasteiger partial charge in [0.2, 0.25) is 0 Å². The fourth-order valence-electron chi connectivity index (χ4n) is 1.47. The van der Waals surface area contributed by atoms with E-state index in [4.69, 9.17) is 11.6 Å². The van der Waals surface area contributed by atoms with Crippen molar-refractivity contribution >= 4 is 11.6 Å². The minimum absolute atomic E-state index is 0.0498. The molecular formula is C12H20ClN3. The molecule has 0 saturated carbocycles. The maximum absolute atomic E-state index is 6.25. The van der Waals surface area contributed by atoms with Gasteiger partial charge < -0.3 is 4.90 Å². The predicted molar refractivity (Wildman–Crippen MR) is 67.9 cm³/mol. The quantitative estimate of drug-likeness (QED) is 0.797. The lowest BCUT2D eigenvalue weighted by molar-refractivity contribution is 0.387. The summed E-state index contributed by atoms with van der Waals surface area (Å²) < 4.78 is 0. The van der Waals surface area contributed by atoms with E-state index in [2.05, 4.69) is 35.6 Å². The molecule has 0 N–H and O–H groups in total. The standard InChI is InChI=1S/C12H20ClN3/c1-8-10(13)11(12(2,3)4)15-9(14-8)7-16(5)6/h7H2,1-6H3. The lowest BCUT2D eigenvalue weighted by atomic mass is 9.91. The zero-order valence-corrected chi connectivity index (χ0v) is 11.7. The molecule has 0 radical (unpaired) electrons. The fraction of sp³-hybridized carbons (Fsp3) is 0.667. The Kier molecular flexibility index (Phi) is 3.92. The first kappa shape index (κ1) is 13.4. The summed E-state index contributed by atoms with van der Waals surface area (Å²) in [7, 11) is 4.01. The van der Waals surface area contributed by atoms with E-state index in [-0.39, 0.29) is 5.41 Å². The molecule has 0 amide bonds. The highest BCUT2D eigenvalue weighted by atomic mass is 35.5. The summed E-state index contributed by atoms with van der Waals surface area (Å²) in [6, 6.07) is 0.